The van der Waals surface area contributed by atoms with Gasteiger partial charge in [-0.25, -0.2) is 4.39 Å². The van der Waals surface area contributed by atoms with Crippen molar-refractivity contribution in [2.75, 3.05) is 6.54 Å². The number of thiophene rings is 1. The van der Waals surface area contributed by atoms with Crippen molar-refractivity contribution < 1.29 is 9.18 Å². The zero-order chi connectivity index (χ0) is 18.6. The van der Waals surface area contributed by atoms with Crippen LogP contribution < -0.4 is 5.32 Å². The van der Waals surface area contributed by atoms with Gasteiger partial charge < -0.3 is 9.88 Å². The van der Waals surface area contributed by atoms with Gasteiger partial charge in [0, 0.05) is 17.4 Å². The van der Waals surface area contributed by atoms with Crippen LogP contribution in [0.25, 0.3) is 21.5 Å². The van der Waals surface area contributed by atoms with Crippen molar-refractivity contribution in [3.05, 3.63) is 59.2 Å². The summed E-state index contributed by atoms with van der Waals surface area (Å²) in [5.41, 5.74) is 3.29. The number of aromatic nitrogens is 1. The van der Waals surface area contributed by atoms with E-state index in [1.807, 2.05) is 28.1 Å². The molecule has 0 fully saturated rings. The molecule has 3 nitrogen and oxygen atoms in total. The number of benzene rings is 1. The van der Waals surface area contributed by atoms with E-state index in [1.165, 1.54) is 37.0 Å². The van der Waals surface area contributed by atoms with E-state index in [-0.39, 0.29) is 18.3 Å². The van der Waals surface area contributed by atoms with Crippen molar-refractivity contribution in [3.8, 4) is 10.6 Å². The number of halogens is 1. The number of hydrogen-bond acceptors (Lipinski definition) is 2. The van der Waals surface area contributed by atoms with Gasteiger partial charge in [0.1, 0.15) is 12.4 Å². The second-order valence-corrected chi connectivity index (χ2v) is 7.95. The number of carbonyl (C=O) groups is 1. The minimum Gasteiger partial charge on any atom is -0.354 e. The quantitative estimate of drug-likeness (QED) is 0.560. The van der Waals surface area contributed by atoms with E-state index in [9.17, 15) is 9.18 Å². The SMILES string of the molecule is O=C(Cn1c(-c2cccs2)cc2cc(F)ccc21)NCCC1=CCCCC1. The Morgan fingerprint density at radius 1 is 1.22 bits per heavy atom. The third-order valence-electron chi connectivity index (χ3n) is 5.09. The van der Waals surface area contributed by atoms with Gasteiger partial charge in [-0.05, 0) is 67.8 Å². The molecule has 3 aromatic rings. The maximum absolute atomic E-state index is 13.6. The van der Waals surface area contributed by atoms with Crippen LogP contribution in [0.2, 0.25) is 0 Å². The van der Waals surface area contributed by atoms with Crippen LogP contribution in [0.15, 0.2) is 53.4 Å². The van der Waals surface area contributed by atoms with Gasteiger partial charge in [-0.15, -0.1) is 11.3 Å². The minimum atomic E-state index is -0.261. The molecule has 1 N–H and O–H groups in total. The highest BCUT2D eigenvalue weighted by Crippen LogP contribution is 2.31. The molecule has 0 aliphatic heterocycles. The summed E-state index contributed by atoms with van der Waals surface area (Å²) in [4.78, 5) is 13.6. The molecule has 140 valence electrons. The molecule has 0 radical (unpaired) electrons. The highest BCUT2D eigenvalue weighted by molar-refractivity contribution is 7.13. The molecule has 0 saturated carbocycles. The van der Waals surface area contributed by atoms with Gasteiger partial charge in [0.2, 0.25) is 5.91 Å². The largest absolute Gasteiger partial charge is 0.354 e. The smallest absolute Gasteiger partial charge is 0.239 e. The molecule has 1 aliphatic carbocycles. The van der Waals surface area contributed by atoms with E-state index < -0.39 is 0 Å². The fraction of sp³-hybridized carbons (Fsp3) is 0.318. The number of carbonyl (C=O) groups excluding carboxylic acids is 1. The first-order valence-corrected chi connectivity index (χ1v) is 10.4. The van der Waals surface area contributed by atoms with E-state index in [2.05, 4.69) is 11.4 Å². The van der Waals surface area contributed by atoms with Gasteiger partial charge in [0.05, 0.1) is 10.6 Å². The van der Waals surface area contributed by atoms with Gasteiger partial charge in [-0.3, -0.25) is 4.79 Å². The number of hydrogen-bond donors (Lipinski definition) is 1. The molecule has 0 unspecified atom stereocenters. The lowest BCUT2D eigenvalue weighted by molar-refractivity contribution is -0.121. The number of nitrogens with one attached hydrogen (secondary N) is 1. The van der Waals surface area contributed by atoms with Gasteiger partial charge >= 0.3 is 0 Å². The maximum atomic E-state index is 13.6. The maximum Gasteiger partial charge on any atom is 0.239 e. The highest BCUT2D eigenvalue weighted by atomic mass is 32.1. The summed E-state index contributed by atoms with van der Waals surface area (Å²) in [6.07, 6.45) is 8.11. The average Bonchev–Trinajstić information content (AvgIpc) is 3.30. The average molecular weight is 383 g/mol. The Balaban J connectivity index is 1.51. The molecule has 0 saturated heterocycles. The van der Waals surface area contributed by atoms with Crippen LogP contribution in [0.5, 0.6) is 0 Å². The number of nitrogens with zero attached hydrogens (tertiary/aromatic N) is 1. The lowest BCUT2D eigenvalue weighted by atomic mass is 9.97. The van der Waals surface area contributed by atoms with Crippen molar-refractivity contribution in [3.63, 3.8) is 0 Å². The van der Waals surface area contributed by atoms with Crippen LogP contribution in [0.1, 0.15) is 32.1 Å². The van der Waals surface area contributed by atoms with E-state index in [0.29, 0.717) is 6.54 Å². The van der Waals surface area contributed by atoms with Gasteiger partial charge in [-0.2, -0.15) is 0 Å². The summed E-state index contributed by atoms with van der Waals surface area (Å²) >= 11 is 1.62. The molecule has 5 heteroatoms. The van der Waals surface area contributed by atoms with Crippen molar-refractivity contribution in [1.29, 1.82) is 0 Å². The summed E-state index contributed by atoms with van der Waals surface area (Å²) in [5.74, 6) is -0.270. The molecule has 4 rings (SSSR count). The van der Waals surface area contributed by atoms with Crippen LogP contribution >= 0.6 is 11.3 Å². The second-order valence-electron chi connectivity index (χ2n) is 7.00. The first kappa shape index (κ1) is 18.0. The Labute approximate surface area is 162 Å². The normalized spacial score (nSPS) is 14.3. The zero-order valence-electron chi connectivity index (χ0n) is 15.2. The van der Waals surface area contributed by atoms with Gasteiger partial charge in [0.25, 0.3) is 0 Å². The molecule has 0 bridgehead atoms. The summed E-state index contributed by atoms with van der Waals surface area (Å²) in [5, 5.41) is 5.87. The Bertz CT molecular complexity index is 972. The van der Waals surface area contributed by atoms with E-state index in [4.69, 9.17) is 0 Å². The Morgan fingerprint density at radius 3 is 2.93 bits per heavy atom. The van der Waals surface area contributed by atoms with E-state index >= 15 is 0 Å². The number of rotatable bonds is 6. The Hall–Kier alpha value is -2.40. The molecule has 1 aromatic carbocycles. The first-order valence-electron chi connectivity index (χ1n) is 9.48. The minimum absolute atomic E-state index is 0.00830. The van der Waals surface area contributed by atoms with E-state index in [0.717, 1.165) is 34.3 Å². The number of amides is 1. The summed E-state index contributed by atoms with van der Waals surface area (Å²) < 4.78 is 15.6. The van der Waals surface area contributed by atoms with Gasteiger partial charge in [-0.1, -0.05) is 17.7 Å². The van der Waals surface area contributed by atoms with Crippen molar-refractivity contribution >= 4 is 28.1 Å². The first-order chi connectivity index (χ1) is 13.2. The molecule has 0 atom stereocenters. The van der Waals surface area contributed by atoms with Crippen molar-refractivity contribution in [1.82, 2.24) is 9.88 Å². The standard InChI is InChI=1S/C22H23FN2OS/c23-18-8-9-19-17(13-18)14-20(21-7-4-12-27-21)25(19)15-22(26)24-11-10-16-5-2-1-3-6-16/h4-5,7-9,12-14H,1-3,6,10-11,15H2,(H,24,26). The predicted molar refractivity (Wildman–Crippen MR) is 109 cm³/mol. The third kappa shape index (κ3) is 4.14. The molecular formula is C22H23FN2OS. The second kappa shape index (κ2) is 8.09. The fourth-order valence-electron chi connectivity index (χ4n) is 3.73. The summed E-state index contributed by atoms with van der Waals surface area (Å²) in [7, 11) is 0. The zero-order valence-corrected chi connectivity index (χ0v) is 16.0. The Kier molecular flexibility index (Phi) is 5.39. The summed E-state index contributed by atoms with van der Waals surface area (Å²) in [6, 6.07) is 10.7. The number of fused-ring (bicyclic) bond motifs is 1. The molecule has 2 aromatic heterocycles. The van der Waals surface area contributed by atoms with E-state index in [1.54, 1.807) is 17.4 Å². The Morgan fingerprint density at radius 2 is 2.15 bits per heavy atom. The molecule has 0 spiro atoms. The molecule has 1 amide bonds. The predicted octanol–water partition coefficient (Wildman–Crippen LogP) is 5.52. The molecule has 1 aliphatic rings. The highest BCUT2D eigenvalue weighted by Gasteiger charge is 2.15. The van der Waals surface area contributed by atoms with Crippen LogP contribution in [-0.2, 0) is 11.3 Å². The topological polar surface area (TPSA) is 34.0 Å². The van der Waals surface area contributed by atoms with Gasteiger partial charge in [0.15, 0.2) is 0 Å². The lowest BCUT2D eigenvalue weighted by Gasteiger charge is -2.14. The monoisotopic (exact) mass is 382 g/mol. The molecular weight excluding hydrogens is 359 g/mol. The number of allylic oxidation sites excluding steroid dienone is 1. The molecule has 2 heterocycles. The fourth-order valence-corrected chi connectivity index (χ4v) is 4.49. The molecule has 27 heavy (non-hydrogen) atoms. The summed E-state index contributed by atoms with van der Waals surface area (Å²) in [6.45, 7) is 0.911. The van der Waals surface area contributed by atoms with Crippen LogP contribution in [-0.4, -0.2) is 17.0 Å². The van der Waals surface area contributed by atoms with Crippen LogP contribution in [0.3, 0.4) is 0 Å². The third-order valence-corrected chi connectivity index (χ3v) is 5.98. The van der Waals surface area contributed by atoms with Crippen LogP contribution in [0, 0.1) is 5.82 Å². The van der Waals surface area contributed by atoms with Crippen molar-refractivity contribution in [2.24, 2.45) is 0 Å². The van der Waals surface area contributed by atoms with Crippen LogP contribution in [0.4, 0.5) is 4.39 Å². The van der Waals surface area contributed by atoms with Crippen molar-refractivity contribution in [2.45, 2.75) is 38.6 Å². The lowest BCUT2D eigenvalue weighted by Crippen LogP contribution is -2.28.